The number of aryl methyl sites for hydroxylation is 2. The maximum Gasteiger partial charge on any atom is 0.328 e. The van der Waals surface area contributed by atoms with Crippen LogP contribution in [-0.2, 0) is 9.53 Å². The largest absolute Gasteiger partial charge is 0.464 e. The Morgan fingerprint density at radius 1 is 1.48 bits per heavy atom. The number of ether oxygens (including phenoxy) is 1. The van der Waals surface area contributed by atoms with E-state index in [4.69, 9.17) is 4.74 Å². The summed E-state index contributed by atoms with van der Waals surface area (Å²) in [6.45, 7) is 7.96. The van der Waals surface area contributed by atoms with E-state index in [1.54, 1.807) is 6.92 Å². The van der Waals surface area contributed by atoms with Crippen LogP contribution in [0.3, 0.4) is 0 Å². The zero-order valence-electron chi connectivity index (χ0n) is 12.8. The quantitative estimate of drug-likeness (QED) is 0.629. The molecule has 0 saturated carbocycles. The average molecular weight is 308 g/mol. The highest BCUT2D eigenvalue weighted by Gasteiger charge is 2.20. The second-order valence-electron chi connectivity index (χ2n) is 5.12. The third kappa shape index (κ3) is 3.00. The molecule has 2 heterocycles. The van der Waals surface area contributed by atoms with Crippen LogP contribution in [0.25, 0.3) is 10.2 Å². The normalized spacial score (nSPS) is 12.6. The molecule has 0 aliphatic rings. The van der Waals surface area contributed by atoms with Crippen molar-refractivity contribution in [2.75, 3.05) is 6.61 Å². The fraction of sp³-hybridized carbons (Fsp3) is 0.533. The molecule has 114 valence electrons. The average Bonchev–Trinajstić information content (AvgIpc) is 2.75. The molecule has 0 amide bonds. The molecule has 2 aromatic heterocycles. The number of hydrogen-bond acceptors (Lipinski definition) is 5. The lowest BCUT2D eigenvalue weighted by Crippen LogP contribution is -2.29. The molecule has 0 aliphatic heterocycles. The van der Waals surface area contributed by atoms with E-state index in [-0.39, 0.29) is 5.56 Å². The van der Waals surface area contributed by atoms with E-state index in [9.17, 15) is 9.59 Å². The highest BCUT2D eigenvalue weighted by molar-refractivity contribution is 7.18. The number of carbonyl (C=O) groups is 1. The van der Waals surface area contributed by atoms with Gasteiger partial charge in [0.1, 0.15) is 10.9 Å². The number of carbonyl (C=O) groups excluding carboxylic acids is 1. The Balaban J connectivity index is 2.34. The van der Waals surface area contributed by atoms with Gasteiger partial charge in [-0.2, -0.15) is 0 Å². The third-order valence-electron chi connectivity index (χ3n) is 3.62. The van der Waals surface area contributed by atoms with Crippen LogP contribution in [0.15, 0.2) is 11.1 Å². The van der Waals surface area contributed by atoms with Crippen LogP contribution >= 0.6 is 11.3 Å². The lowest BCUT2D eigenvalue weighted by molar-refractivity contribution is -0.147. The van der Waals surface area contributed by atoms with Gasteiger partial charge in [-0.15, -0.1) is 11.3 Å². The summed E-state index contributed by atoms with van der Waals surface area (Å²) in [6, 6.07) is -0.661. The molecule has 2 rings (SSSR count). The number of esters is 1. The molecule has 0 aromatic carbocycles. The van der Waals surface area contributed by atoms with Crippen LogP contribution in [0.5, 0.6) is 0 Å². The molecule has 1 atom stereocenters. The lowest BCUT2D eigenvalue weighted by atomic mass is 10.2. The summed E-state index contributed by atoms with van der Waals surface area (Å²) in [6.07, 6.45) is 3.22. The van der Waals surface area contributed by atoms with Gasteiger partial charge in [-0.05, 0) is 32.8 Å². The predicted molar refractivity (Wildman–Crippen MR) is 83.9 cm³/mol. The SMILES string of the molecule is CCCCOC(=O)C(C)n1cnc2sc(C)c(C)c2c1=O. The van der Waals surface area contributed by atoms with Crippen LogP contribution in [-0.4, -0.2) is 22.1 Å². The standard InChI is InChI=1S/C15H20N2O3S/c1-5-6-7-20-15(19)10(3)17-8-16-13-12(14(17)18)9(2)11(4)21-13/h8,10H,5-7H2,1-4H3. The molecule has 0 N–H and O–H groups in total. The smallest absolute Gasteiger partial charge is 0.328 e. The van der Waals surface area contributed by atoms with Crippen molar-refractivity contribution < 1.29 is 9.53 Å². The summed E-state index contributed by atoms with van der Waals surface area (Å²) < 4.78 is 6.53. The number of aromatic nitrogens is 2. The number of hydrogen-bond donors (Lipinski definition) is 0. The minimum absolute atomic E-state index is 0.179. The highest BCUT2D eigenvalue weighted by atomic mass is 32.1. The molecular weight excluding hydrogens is 288 g/mol. The molecule has 2 aromatic rings. The Morgan fingerprint density at radius 3 is 2.86 bits per heavy atom. The molecule has 6 heteroatoms. The second kappa shape index (κ2) is 6.39. The van der Waals surface area contributed by atoms with Gasteiger partial charge in [-0.3, -0.25) is 9.36 Å². The minimum atomic E-state index is -0.661. The van der Waals surface area contributed by atoms with Gasteiger partial charge in [0.25, 0.3) is 5.56 Å². The van der Waals surface area contributed by atoms with Crippen LogP contribution in [0, 0.1) is 13.8 Å². The van der Waals surface area contributed by atoms with Crippen LogP contribution < -0.4 is 5.56 Å². The van der Waals surface area contributed by atoms with E-state index < -0.39 is 12.0 Å². The Morgan fingerprint density at radius 2 is 2.19 bits per heavy atom. The Labute approximate surface area is 127 Å². The third-order valence-corrected chi connectivity index (χ3v) is 4.73. The van der Waals surface area contributed by atoms with Gasteiger partial charge >= 0.3 is 5.97 Å². The van der Waals surface area contributed by atoms with Crippen molar-refractivity contribution in [2.24, 2.45) is 0 Å². The first-order valence-corrected chi connectivity index (χ1v) is 7.92. The van der Waals surface area contributed by atoms with Gasteiger partial charge in [0.2, 0.25) is 0 Å². The van der Waals surface area contributed by atoms with E-state index >= 15 is 0 Å². The van der Waals surface area contributed by atoms with Crippen molar-refractivity contribution in [1.82, 2.24) is 9.55 Å². The topological polar surface area (TPSA) is 61.2 Å². The highest BCUT2D eigenvalue weighted by Crippen LogP contribution is 2.25. The maximum absolute atomic E-state index is 12.6. The van der Waals surface area contributed by atoms with E-state index in [2.05, 4.69) is 4.98 Å². The molecule has 1 unspecified atom stereocenters. The first-order chi connectivity index (χ1) is 9.97. The number of unbranched alkanes of at least 4 members (excludes halogenated alkanes) is 1. The first kappa shape index (κ1) is 15.7. The van der Waals surface area contributed by atoms with Crippen LogP contribution in [0.1, 0.15) is 43.2 Å². The number of thiophene rings is 1. The van der Waals surface area contributed by atoms with Crippen molar-refractivity contribution >= 4 is 27.5 Å². The molecular formula is C15H20N2O3S. The van der Waals surface area contributed by atoms with Crippen molar-refractivity contribution in [3.8, 4) is 0 Å². The number of nitrogens with zero attached hydrogens (tertiary/aromatic N) is 2. The minimum Gasteiger partial charge on any atom is -0.464 e. The van der Waals surface area contributed by atoms with Gasteiger partial charge in [-0.25, -0.2) is 9.78 Å². The summed E-state index contributed by atoms with van der Waals surface area (Å²) in [5, 5.41) is 0.605. The summed E-state index contributed by atoms with van der Waals surface area (Å²) in [5.41, 5.74) is 0.759. The first-order valence-electron chi connectivity index (χ1n) is 7.10. The van der Waals surface area contributed by atoms with Gasteiger partial charge in [0.15, 0.2) is 0 Å². The Hall–Kier alpha value is -1.69. The maximum atomic E-state index is 12.6. The van der Waals surface area contributed by atoms with Gasteiger partial charge < -0.3 is 4.74 Å². The summed E-state index contributed by atoms with van der Waals surface area (Å²) in [5.74, 6) is -0.392. The number of fused-ring (bicyclic) bond motifs is 1. The van der Waals surface area contributed by atoms with Crippen LogP contribution in [0.4, 0.5) is 0 Å². The molecule has 5 nitrogen and oxygen atoms in total. The summed E-state index contributed by atoms with van der Waals surface area (Å²) in [7, 11) is 0. The zero-order valence-corrected chi connectivity index (χ0v) is 13.6. The number of rotatable bonds is 5. The van der Waals surface area contributed by atoms with E-state index in [0.29, 0.717) is 12.0 Å². The van der Waals surface area contributed by atoms with Gasteiger partial charge in [-0.1, -0.05) is 13.3 Å². The van der Waals surface area contributed by atoms with Gasteiger partial charge in [0.05, 0.1) is 18.3 Å². The lowest BCUT2D eigenvalue weighted by Gasteiger charge is -2.13. The van der Waals surface area contributed by atoms with Crippen molar-refractivity contribution in [3.05, 3.63) is 27.1 Å². The molecule has 0 aliphatic carbocycles. The molecule has 0 spiro atoms. The fourth-order valence-electron chi connectivity index (χ4n) is 2.08. The van der Waals surface area contributed by atoms with Crippen molar-refractivity contribution in [3.63, 3.8) is 0 Å². The van der Waals surface area contributed by atoms with Crippen LogP contribution in [0.2, 0.25) is 0 Å². The van der Waals surface area contributed by atoms with E-state index in [1.165, 1.54) is 22.2 Å². The fourth-order valence-corrected chi connectivity index (χ4v) is 3.06. The second-order valence-corrected chi connectivity index (χ2v) is 6.32. The predicted octanol–water partition coefficient (Wildman–Crippen LogP) is 2.98. The summed E-state index contributed by atoms with van der Waals surface area (Å²) in [4.78, 5) is 30.6. The molecule has 0 fully saturated rings. The van der Waals surface area contributed by atoms with Crippen molar-refractivity contribution in [1.29, 1.82) is 0 Å². The Bertz CT molecular complexity index is 718. The summed E-state index contributed by atoms with van der Waals surface area (Å²) >= 11 is 1.50. The molecule has 0 bridgehead atoms. The van der Waals surface area contributed by atoms with E-state index in [1.807, 2.05) is 20.8 Å². The molecule has 0 saturated heterocycles. The molecule has 21 heavy (non-hydrogen) atoms. The van der Waals surface area contributed by atoms with Crippen molar-refractivity contribution in [2.45, 2.75) is 46.6 Å². The van der Waals surface area contributed by atoms with Gasteiger partial charge in [0, 0.05) is 4.88 Å². The molecule has 0 radical (unpaired) electrons. The Kier molecular flexibility index (Phi) is 4.77. The van der Waals surface area contributed by atoms with E-state index in [0.717, 1.165) is 28.1 Å². The monoisotopic (exact) mass is 308 g/mol. The zero-order chi connectivity index (χ0) is 15.6.